The molecule has 1 heterocycles. The molecule has 3 aromatic carbocycles. The molecule has 0 saturated carbocycles. The fourth-order valence-corrected chi connectivity index (χ4v) is 4.67. The average molecular weight is 515 g/mol. The van der Waals surface area contributed by atoms with Gasteiger partial charge in [0.1, 0.15) is 22.1 Å². The monoisotopic (exact) mass is 514 g/mol. The van der Waals surface area contributed by atoms with Crippen molar-refractivity contribution in [1.82, 2.24) is 0 Å². The summed E-state index contributed by atoms with van der Waals surface area (Å²) >= 11 is 13.7. The van der Waals surface area contributed by atoms with Crippen LogP contribution in [-0.2, 0) is 9.59 Å². The van der Waals surface area contributed by atoms with E-state index < -0.39 is 11.8 Å². The molecule has 1 aliphatic heterocycles. The highest BCUT2D eigenvalue weighted by molar-refractivity contribution is 8.04. The molecule has 0 fully saturated rings. The number of rotatable bonds is 7. The lowest BCUT2D eigenvalue weighted by Gasteiger charge is -2.17. The Hall–Kier alpha value is -3.13. The number of aryl methyl sites for hydroxylation is 1. The number of thioether (sulfide) groups is 1. The zero-order valence-electron chi connectivity index (χ0n) is 18.5. The molecule has 0 radical (unpaired) electrons. The van der Waals surface area contributed by atoms with Gasteiger partial charge in [0.25, 0.3) is 11.8 Å². The Labute approximate surface area is 211 Å². The summed E-state index contributed by atoms with van der Waals surface area (Å²) in [4.78, 5) is 29.2. The minimum atomic E-state index is -0.554. The number of benzene rings is 3. The molecule has 3 aromatic rings. The normalized spacial score (nSPS) is 13.5. The summed E-state index contributed by atoms with van der Waals surface area (Å²) in [6, 6.07) is 17.6. The van der Waals surface area contributed by atoms with E-state index in [1.54, 1.807) is 43.5 Å². The van der Waals surface area contributed by atoms with Gasteiger partial charge in [0.2, 0.25) is 0 Å². The van der Waals surface area contributed by atoms with E-state index in [4.69, 9.17) is 32.7 Å². The summed E-state index contributed by atoms with van der Waals surface area (Å²) in [6.45, 7) is 1.98. The van der Waals surface area contributed by atoms with Crippen molar-refractivity contribution in [3.05, 3.63) is 86.9 Å². The quantitative estimate of drug-likeness (QED) is 0.372. The van der Waals surface area contributed by atoms with Gasteiger partial charge in [-0.05, 0) is 43.3 Å². The number of halogens is 2. The van der Waals surface area contributed by atoms with Crippen LogP contribution in [0, 0.1) is 6.92 Å². The van der Waals surface area contributed by atoms with Gasteiger partial charge in [-0.3, -0.25) is 9.59 Å². The van der Waals surface area contributed by atoms with E-state index in [2.05, 4.69) is 5.32 Å². The van der Waals surface area contributed by atoms with Crippen molar-refractivity contribution in [3.8, 4) is 11.5 Å². The molecule has 2 amide bonds. The predicted molar refractivity (Wildman–Crippen MR) is 136 cm³/mol. The van der Waals surface area contributed by atoms with Gasteiger partial charge in [0, 0.05) is 11.0 Å². The largest absolute Gasteiger partial charge is 0.497 e. The number of amides is 2. The van der Waals surface area contributed by atoms with Crippen LogP contribution in [0.3, 0.4) is 0 Å². The van der Waals surface area contributed by atoms with Crippen LogP contribution in [0.2, 0.25) is 10.0 Å². The second kappa shape index (κ2) is 10.0. The molecular formula is C25H20Cl2N2O4S. The van der Waals surface area contributed by atoms with Crippen molar-refractivity contribution >= 4 is 58.2 Å². The number of ether oxygens (including phenoxy) is 2. The van der Waals surface area contributed by atoms with Gasteiger partial charge >= 0.3 is 0 Å². The fraction of sp³-hybridized carbons (Fsp3) is 0.120. The smallest absolute Gasteiger partial charge is 0.283 e. The zero-order chi connectivity index (χ0) is 24.4. The molecule has 0 atom stereocenters. The standard InChI is InChI=1S/C25H20Cl2N2O4S/c1-14-7-10-16(11-8-14)34-23-22(28-18-12-9-15(32-2)13-20(18)33-3)24(30)29(25(23)31)19-6-4-5-17(26)21(19)27/h4-13,28H,1-3H3. The molecule has 174 valence electrons. The number of imide groups is 1. The van der Waals surface area contributed by atoms with Crippen molar-refractivity contribution in [1.29, 1.82) is 0 Å². The highest BCUT2D eigenvalue weighted by Crippen LogP contribution is 2.42. The van der Waals surface area contributed by atoms with E-state index in [0.29, 0.717) is 17.2 Å². The third-order valence-electron chi connectivity index (χ3n) is 5.12. The third kappa shape index (κ3) is 4.59. The molecule has 9 heteroatoms. The van der Waals surface area contributed by atoms with E-state index in [1.165, 1.54) is 18.9 Å². The molecule has 1 aliphatic rings. The highest BCUT2D eigenvalue weighted by Gasteiger charge is 2.41. The molecular weight excluding hydrogens is 495 g/mol. The maximum absolute atomic E-state index is 13.6. The summed E-state index contributed by atoms with van der Waals surface area (Å²) in [5.74, 6) is -0.0193. The Morgan fingerprint density at radius 2 is 1.65 bits per heavy atom. The van der Waals surface area contributed by atoms with Crippen molar-refractivity contribution < 1.29 is 19.1 Å². The third-order valence-corrected chi connectivity index (χ3v) is 7.02. The number of nitrogens with zero attached hydrogens (tertiary/aromatic N) is 1. The van der Waals surface area contributed by atoms with Gasteiger partial charge in [-0.25, -0.2) is 4.90 Å². The molecule has 0 spiro atoms. The Kier molecular flexibility index (Phi) is 7.07. The number of carbonyl (C=O) groups excluding carboxylic acids is 2. The highest BCUT2D eigenvalue weighted by atomic mass is 35.5. The van der Waals surface area contributed by atoms with Crippen LogP contribution in [0.15, 0.2) is 76.2 Å². The fourth-order valence-electron chi connectivity index (χ4n) is 3.36. The Morgan fingerprint density at radius 1 is 0.912 bits per heavy atom. The lowest BCUT2D eigenvalue weighted by Crippen LogP contribution is -2.32. The van der Waals surface area contributed by atoms with E-state index >= 15 is 0 Å². The summed E-state index contributed by atoms with van der Waals surface area (Å²) in [7, 11) is 3.06. The van der Waals surface area contributed by atoms with Crippen molar-refractivity contribution in [2.45, 2.75) is 11.8 Å². The van der Waals surface area contributed by atoms with Gasteiger partial charge in [0.05, 0.1) is 35.6 Å². The van der Waals surface area contributed by atoms with Crippen molar-refractivity contribution in [2.75, 3.05) is 24.4 Å². The first-order valence-corrected chi connectivity index (χ1v) is 11.7. The van der Waals surface area contributed by atoms with E-state index in [9.17, 15) is 9.59 Å². The molecule has 4 rings (SSSR count). The van der Waals surface area contributed by atoms with Crippen LogP contribution >= 0.6 is 35.0 Å². The molecule has 0 aromatic heterocycles. The molecule has 0 unspecified atom stereocenters. The van der Waals surface area contributed by atoms with Crippen LogP contribution in [-0.4, -0.2) is 26.0 Å². The second-order valence-electron chi connectivity index (χ2n) is 7.33. The molecule has 34 heavy (non-hydrogen) atoms. The van der Waals surface area contributed by atoms with Crippen molar-refractivity contribution in [3.63, 3.8) is 0 Å². The van der Waals surface area contributed by atoms with Gasteiger partial charge in [-0.2, -0.15) is 0 Å². The van der Waals surface area contributed by atoms with E-state index in [1.807, 2.05) is 31.2 Å². The van der Waals surface area contributed by atoms with Crippen LogP contribution < -0.4 is 19.7 Å². The Morgan fingerprint density at radius 3 is 2.32 bits per heavy atom. The van der Waals surface area contributed by atoms with Crippen LogP contribution in [0.25, 0.3) is 0 Å². The van der Waals surface area contributed by atoms with Crippen molar-refractivity contribution in [2.24, 2.45) is 0 Å². The predicted octanol–water partition coefficient (Wildman–Crippen LogP) is 6.31. The van der Waals surface area contributed by atoms with Gasteiger partial charge < -0.3 is 14.8 Å². The maximum atomic E-state index is 13.6. The maximum Gasteiger partial charge on any atom is 0.283 e. The van der Waals surface area contributed by atoms with E-state index in [0.717, 1.165) is 15.4 Å². The minimum Gasteiger partial charge on any atom is -0.497 e. The summed E-state index contributed by atoms with van der Waals surface area (Å²) in [5.41, 5.74) is 1.90. The first kappa shape index (κ1) is 24.0. The first-order valence-electron chi connectivity index (χ1n) is 10.1. The summed E-state index contributed by atoms with van der Waals surface area (Å²) < 4.78 is 10.7. The summed E-state index contributed by atoms with van der Waals surface area (Å²) in [5, 5.41) is 3.46. The number of hydrogen-bond donors (Lipinski definition) is 1. The Balaban J connectivity index is 1.79. The van der Waals surface area contributed by atoms with Gasteiger partial charge in [0.15, 0.2) is 0 Å². The SMILES string of the molecule is COc1ccc(NC2=C(Sc3ccc(C)cc3)C(=O)N(c3cccc(Cl)c3Cl)C2=O)c(OC)c1. The van der Waals surface area contributed by atoms with Crippen LogP contribution in [0.1, 0.15) is 5.56 Å². The molecule has 0 aliphatic carbocycles. The molecule has 6 nitrogen and oxygen atoms in total. The number of carbonyl (C=O) groups is 2. The summed E-state index contributed by atoms with van der Waals surface area (Å²) in [6.07, 6.45) is 0. The average Bonchev–Trinajstić information content (AvgIpc) is 3.06. The van der Waals surface area contributed by atoms with E-state index in [-0.39, 0.29) is 26.3 Å². The lowest BCUT2D eigenvalue weighted by atomic mass is 10.2. The van der Waals surface area contributed by atoms with Crippen LogP contribution in [0.5, 0.6) is 11.5 Å². The lowest BCUT2D eigenvalue weighted by molar-refractivity contribution is -0.120. The zero-order valence-corrected chi connectivity index (χ0v) is 20.8. The minimum absolute atomic E-state index is 0.107. The first-order chi connectivity index (χ1) is 16.3. The molecule has 1 N–H and O–H groups in total. The second-order valence-corrected chi connectivity index (χ2v) is 9.20. The number of hydrogen-bond acceptors (Lipinski definition) is 6. The number of anilines is 2. The van der Waals surface area contributed by atoms with Gasteiger partial charge in [-0.15, -0.1) is 0 Å². The Bertz CT molecular complexity index is 1310. The number of methoxy groups -OCH3 is 2. The molecule has 0 saturated heterocycles. The van der Waals surface area contributed by atoms with Crippen LogP contribution in [0.4, 0.5) is 11.4 Å². The molecule has 0 bridgehead atoms. The topological polar surface area (TPSA) is 67.9 Å². The van der Waals surface area contributed by atoms with Gasteiger partial charge in [-0.1, -0.05) is 58.7 Å². The number of nitrogens with one attached hydrogen (secondary N) is 1.